The Hall–Kier alpha value is -4.49. The Morgan fingerprint density at radius 1 is 1.18 bits per heavy atom. The van der Waals surface area contributed by atoms with E-state index in [2.05, 4.69) is 26.7 Å². The number of alkyl carbamates (subject to hydrolysis) is 1. The lowest BCUT2D eigenvalue weighted by atomic mass is 9.97. The molecule has 10 heteroatoms. The third kappa shape index (κ3) is 4.25. The molecule has 0 bridgehead atoms. The van der Waals surface area contributed by atoms with Crippen molar-refractivity contribution in [2.45, 2.75) is 44.8 Å². The Morgan fingerprint density at radius 3 is 2.67 bits per heavy atom. The van der Waals surface area contributed by atoms with Crippen molar-refractivity contribution in [2.24, 2.45) is 7.05 Å². The van der Waals surface area contributed by atoms with Gasteiger partial charge < -0.3 is 10.1 Å². The second-order valence-corrected chi connectivity index (χ2v) is 11.9. The number of nitrogens with zero attached hydrogens (tertiary/aromatic N) is 4. The summed E-state index contributed by atoms with van der Waals surface area (Å²) in [7, 11) is 1.85. The first-order valence-electron chi connectivity index (χ1n) is 12.6. The van der Waals surface area contributed by atoms with Gasteiger partial charge in [0.2, 0.25) is 0 Å². The quantitative estimate of drug-likeness (QED) is 0.307. The number of hydrogen-bond acceptors (Lipinski definition) is 7. The van der Waals surface area contributed by atoms with Crippen LogP contribution < -0.4 is 10.9 Å². The molecule has 9 nitrogen and oxygen atoms in total. The van der Waals surface area contributed by atoms with E-state index in [1.807, 2.05) is 64.2 Å². The number of aryl methyl sites for hydroxylation is 1. The van der Waals surface area contributed by atoms with Crippen LogP contribution in [0.3, 0.4) is 0 Å². The first-order valence-corrected chi connectivity index (χ1v) is 13.4. The normalized spacial score (nSPS) is 14.3. The lowest BCUT2D eigenvalue weighted by molar-refractivity contribution is 0.0494. The van der Waals surface area contributed by atoms with E-state index in [9.17, 15) is 14.9 Å². The van der Waals surface area contributed by atoms with E-state index < -0.39 is 17.2 Å². The number of aromatic nitrogens is 4. The number of carbonyl (C=O) groups excluding carboxylic acids is 1. The van der Waals surface area contributed by atoms with Gasteiger partial charge in [-0.15, -0.1) is 11.3 Å². The van der Waals surface area contributed by atoms with E-state index in [0.29, 0.717) is 34.9 Å². The van der Waals surface area contributed by atoms with Gasteiger partial charge in [-0.1, -0.05) is 24.3 Å². The van der Waals surface area contributed by atoms with Crippen LogP contribution >= 0.6 is 11.3 Å². The van der Waals surface area contributed by atoms with Gasteiger partial charge in [-0.05, 0) is 57.4 Å². The van der Waals surface area contributed by atoms with Gasteiger partial charge in [0, 0.05) is 28.1 Å². The predicted octanol–water partition coefficient (Wildman–Crippen LogP) is 5.59. The number of fused-ring (bicyclic) bond motifs is 2. The minimum absolute atomic E-state index is 0.309. The number of aromatic amines is 1. The molecule has 1 amide bonds. The number of nitrogens with one attached hydrogen (secondary N) is 2. The zero-order valence-corrected chi connectivity index (χ0v) is 22.8. The van der Waals surface area contributed by atoms with Crippen LogP contribution in [0.2, 0.25) is 0 Å². The fraction of sp³-hybridized carbons (Fsp3) is 0.276. The zero-order chi connectivity index (χ0) is 27.5. The number of thiophene rings is 1. The molecule has 3 aromatic heterocycles. The molecule has 5 aromatic rings. The Kier molecular flexibility index (Phi) is 5.59. The molecule has 3 heterocycles. The second-order valence-electron chi connectivity index (χ2n) is 10.8. The Balaban J connectivity index is 1.49. The molecular formula is C29H26N6O3S. The highest BCUT2D eigenvalue weighted by Crippen LogP contribution is 2.47. The molecule has 0 radical (unpaired) electrons. The van der Waals surface area contributed by atoms with Crippen molar-refractivity contribution in [3.8, 4) is 27.8 Å². The molecule has 0 spiro atoms. The smallest absolute Gasteiger partial charge is 0.408 e. The van der Waals surface area contributed by atoms with Crippen molar-refractivity contribution in [1.82, 2.24) is 25.3 Å². The van der Waals surface area contributed by atoms with E-state index in [1.54, 1.807) is 28.3 Å². The maximum atomic E-state index is 12.7. The summed E-state index contributed by atoms with van der Waals surface area (Å²) < 4.78 is 8.29. The summed E-state index contributed by atoms with van der Waals surface area (Å²) in [5, 5.41) is 26.6. The summed E-state index contributed by atoms with van der Waals surface area (Å²) in [4.78, 5) is 26.2. The summed E-state index contributed by atoms with van der Waals surface area (Å²) in [6.07, 6.45) is 2.60. The summed E-state index contributed by atoms with van der Waals surface area (Å²) in [5.41, 5.74) is 2.01. The molecule has 1 aliphatic carbocycles. The monoisotopic (exact) mass is 538 g/mol. The van der Waals surface area contributed by atoms with Gasteiger partial charge in [0.25, 0.3) is 5.56 Å². The fourth-order valence-corrected chi connectivity index (χ4v) is 6.23. The van der Waals surface area contributed by atoms with Gasteiger partial charge in [-0.25, -0.2) is 9.89 Å². The van der Waals surface area contributed by atoms with Crippen LogP contribution in [0, 0.1) is 11.3 Å². The Morgan fingerprint density at radius 2 is 1.95 bits per heavy atom. The largest absolute Gasteiger partial charge is 0.444 e. The van der Waals surface area contributed by atoms with Crippen LogP contribution in [-0.2, 0) is 17.3 Å². The number of nitriles is 1. The summed E-state index contributed by atoms with van der Waals surface area (Å²) in [6.45, 7) is 5.43. The molecule has 0 aliphatic heterocycles. The van der Waals surface area contributed by atoms with Gasteiger partial charge in [-0.2, -0.15) is 15.5 Å². The van der Waals surface area contributed by atoms with Crippen molar-refractivity contribution >= 4 is 38.3 Å². The molecule has 0 saturated heterocycles. The lowest BCUT2D eigenvalue weighted by Gasteiger charge is -2.23. The van der Waals surface area contributed by atoms with Crippen LogP contribution in [0.25, 0.3) is 42.6 Å². The molecule has 0 atom stereocenters. The number of benzene rings is 2. The minimum Gasteiger partial charge on any atom is -0.444 e. The van der Waals surface area contributed by atoms with Crippen LogP contribution in [-0.4, -0.2) is 31.7 Å². The highest BCUT2D eigenvalue weighted by molar-refractivity contribution is 7.22. The first kappa shape index (κ1) is 24.8. The molecular weight excluding hydrogens is 512 g/mol. The highest BCUT2D eigenvalue weighted by Gasteiger charge is 2.49. The van der Waals surface area contributed by atoms with Crippen LogP contribution in [0.15, 0.2) is 53.5 Å². The standard InChI is InChI=1S/C29H26N6O3S/c1-28(2,3)38-27(37)32-29(11-12-29)25-19-13-16(9-10-18(19)26(36)34-33-25)21-15-31-35(4)23(21)24-20(14-30)17-7-5-6-8-22(17)39-24/h5-10,13,15H,11-12H2,1-4H3,(H,32,37)(H,34,36). The van der Waals surface area contributed by atoms with Gasteiger partial charge in [0.1, 0.15) is 11.7 Å². The van der Waals surface area contributed by atoms with E-state index in [1.165, 1.54) is 0 Å². The zero-order valence-electron chi connectivity index (χ0n) is 22.0. The fourth-order valence-electron chi connectivity index (χ4n) is 4.98. The molecule has 1 saturated carbocycles. The molecule has 1 aliphatic rings. The van der Waals surface area contributed by atoms with Gasteiger partial charge in [0.15, 0.2) is 0 Å². The van der Waals surface area contributed by atoms with Crippen molar-refractivity contribution < 1.29 is 9.53 Å². The van der Waals surface area contributed by atoms with Gasteiger partial charge >= 0.3 is 6.09 Å². The minimum atomic E-state index is -0.722. The molecule has 6 rings (SSSR count). The highest BCUT2D eigenvalue weighted by atomic mass is 32.1. The van der Waals surface area contributed by atoms with E-state index in [0.717, 1.165) is 31.8 Å². The number of hydrogen-bond donors (Lipinski definition) is 2. The van der Waals surface area contributed by atoms with Crippen molar-refractivity contribution in [3.05, 3.63) is 70.3 Å². The molecule has 2 N–H and O–H groups in total. The maximum absolute atomic E-state index is 12.7. The number of H-pyrrole nitrogens is 1. The van der Waals surface area contributed by atoms with E-state index in [-0.39, 0.29) is 5.56 Å². The van der Waals surface area contributed by atoms with E-state index in [4.69, 9.17) is 4.74 Å². The van der Waals surface area contributed by atoms with Crippen molar-refractivity contribution in [3.63, 3.8) is 0 Å². The second kappa shape index (κ2) is 8.78. The van der Waals surface area contributed by atoms with Crippen LogP contribution in [0.4, 0.5) is 4.79 Å². The number of rotatable bonds is 4. The third-order valence-corrected chi connectivity index (χ3v) is 8.08. The van der Waals surface area contributed by atoms with Crippen molar-refractivity contribution in [2.75, 3.05) is 0 Å². The number of carbonyl (C=O) groups is 1. The molecule has 196 valence electrons. The third-order valence-electron chi connectivity index (χ3n) is 6.90. The Bertz CT molecular complexity index is 1880. The first-order chi connectivity index (χ1) is 18.6. The molecule has 0 unspecified atom stereocenters. The summed E-state index contributed by atoms with van der Waals surface area (Å²) >= 11 is 1.55. The average molecular weight is 539 g/mol. The number of ether oxygens (including phenoxy) is 1. The lowest BCUT2D eigenvalue weighted by Crippen LogP contribution is -2.40. The van der Waals surface area contributed by atoms with Crippen LogP contribution in [0.1, 0.15) is 44.9 Å². The topological polar surface area (TPSA) is 126 Å². The van der Waals surface area contributed by atoms with Gasteiger partial charge in [-0.3, -0.25) is 9.48 Å². The summed E-state index contributed by atoms with van der Waals surface area (Å²) in [5.74, 6) is 0. The molecule has 1 fully saturated rings. The maximum Gasteiger partial charge on any atom is 0.408 e. The molecule has 39 heavy (non-hydrogen) atoms. The molecule has 2 aromatic carbocycles. The number of amides is 1. The summed E-state index contributed by atoms with van der Waals surface area (Å²) in [6, 6.07) is 15.8. The van der Waals surface area contributed by atoms with Crippen LogP contribution in [0.5, 0.6) is 0 Å². The van der Waals surface area contributed by atoms with Crippen molar-refractivity contribution in [1.29, 1.82) is 5.26 Å². The van der Waals surface area contributed by atoms with Gasteiger partial charge in [0.05, 0.1) is 39.0 Å². The Labute approximate surface area is 228 Å². The average Bonchev–Trinajstić information content (AvgIpc) is 3.40. The predicted molar refractivity (Wildman–Crippen MR) is 150 cm³/mol. The SMILES string of the molecule is Cn1ncc(-c2ccc3c(=O)[nH]nc(C4(NC(=O)OC(C)(C)C)CC4)c3c2)c1-c1sc2ccccc2c1C#N. The van der Waals surface area contributed by atoms with E-state index >= 15 is 0 Å².